The molecule has 0 bridgehead atoms. The summed E-state index contributed by atoms with van der Waals surface area (Å²) in [7, 11) is -3.17. The molecule has 24 heavy (non-hydrogen) atoms. The molecular weight excluding hydrogens is 326 g/mol. The van der Waals surface area contributed by atoms with Gasteiger partial charge in [0.1, 0.15) is 12.1 Å². The van der Waals surface area contributed by atoms with E-state index in [1.54, 1.807) is 12.1 Å². The molecule has 0 radical (unpaired) electrons. The first-order chi connectivity index (χ1) is 11.5. The summed E-state index contributed by atoms with van der Waals surface area (Å²) in [6.07, 6.45) is 4.66. The fraction of sp³-hybridized carbons (Fsp3) is 0.438. The third-order valence-corrected chi connectivity index (χ3v) is 4.89. The maximum absolute atomic E-state index is 11.3. The number of benzene rings is 1. The molecule has 2 heterocycles. The van der Waals surface area contributed by atoms with Gasteiger partial charge in [-0.15, -0.1) is 0 Å². The maximum atomic E-state index is 11.3. The second-order valence-corrected chi connectivity index (χ2v) is 7.95. The quantitative estimate of drug-likeness (QED) is 0.896. The van der Waals surface area contributed by atoms with Crippen molar-refractivity contribution >= 4 is 26.7 Å². The molecule has 1 aliphatic heterocycles. The Morgan fingerprint density at radius 2 is 2.25 bits per heavy atom. The third kappa shape index (κ3) is 3.80. The molecule has 1 N–H and O–H groups in total. The largest absolute Gasteiger partial charge is 0.356 e. The Labute approximate surface area is 141 Å². The number of nitrogens with zero attached hydrogens (tertiary/aromatic N) is 4. The van der Waals surface area contributed by atoms with Crippen LogP contribution in [-0.2, 0) is 10.0 Å². The van der Waals surface area contributed by atoms with E-state index in [4.69, 9.17) is 5.26 Å². The van der Waals surface area contributed by atoms with E-state index in [2.05, 4.69) is 25.7 Å². The van der Waals surface area contributed by atoms with Crippen LogP contribution in [0.3, 0.4) is 0 Å². The lowest BCUT2D eigenvalue weighted by Crippen LogP contribution is -2.41. The molecule has 2 aromatic rings. The Bertz CT molecular complexity index is 891. The predicted molar refractivity (Wildman–Crippen MR) is 92.0 cm³/mol. The average molecular weight is 345 g/mol. The molecule has 1 atom stereocenters. The summed E-state index contributed by atoms with van der Waals surface area (Å²) in [5.74, 6) is 1.09. The Hall–Kier alpha value is -2.24. The molecule has 7 nitrogen and oxygen atoms in total. The Balaban J connectivity index is 1.83. The summed E-state index contributed by atoms with van der Waals surface area (Å²) < 4.78 is 25.2. The van der Waals surface area contributed by atoms with Crippen molar-refractivity contribution in [2.24, 2.45) is 5.92 Å². The molecule has 0 aliphatic carbocycles. The molecule has 0 amide bonds. The summed E-state index contributed by atoms with van der Waals surface area (Å²) >= 11 is 0. The summed E-state index contributed by atoms with van der Waals surface area (Å²) in [6.45, 7) is 2.06. The van der Waals surface area contributed by atoms with Crippen LogP contribution in [0.5, 0.6) is 0 Å². The summed E-state index contributed by atoms with van der Waals surface area (Å²) in [5, 5.41) is 9.93. The van der Waals surface area contributed by atoms with Crippen LogP contribution >= 0.6 is 0 Å². The zero-order chi connectivity index (χ0) is 17.2. The number of hydrogen-bond donors (Lipinski definition) is 1. The van der Waals surface area contributed by atoms with E-state index in [1.165, 1.54) is 12.6 Å². The normalized spacial score (nSPS) is 18.5. The molecule has 1 saturated heterocycles. The van der Waals surface area contributed by atoms with Gasteiger partial charge in [0.15, 0.2) is 0 Å². The highest BCUT2D eigenvalue weighted by Gasteiger charge is 2.23. The SMILES string of the molecule is CS(=O)(=O)NCC1CCCN(c2ncnc3cc(C#N)ccc23)C1. The highest BCUT2D eigenvalue weighted by molar-refractivity contribution is 7.88. The molecule has 1 fully saturated rings. The standard InChI is InChI=1S/C16H19N5O2S/c1-24(22,23)20-9-13-3-2-6-21(10-13)16-14-5-4-12(8-17)7-15(14)18-11-19-16/h4-5,7,11,13,20H,2-3,6,9-10H2,1H3. The molecular formula is C16H19N5O2S. The molecule has 8 heteroatoms. The fourth-order valence-corrected chi connectivity index (χ4v) is 3.60. The zero-order valence-corrected chi connectivity index (χ0v) is 14.3. The van der Waals surface area contributed by atoms with Crippen molar-refractivity contribution in [1.82, 2.24) is 14.7 Å². The van der Waals surface area contributed by atoms with E-state index in [9.17, 15) is 8.42 Å². The van der Waals surface area contributed by atoms with Crippen LogP contribution in [0.15, 0.2) is 24.5 Å². The lowest BCUT2D eigenvalue weighted by atomic mass is 9.98. The molecule has 126 valence electrons. The first kappa shape index (κ1) is 16.6. The van der Waals surface area contributed by atoms with Crippen molar-refractivity contribution in [3.05, 3.63) is 30.1 Å². The van der Waals surface area contributed by atoms with Gasteiger partial charge in [0.05, 0.1) is 23.4 Å². The molecule has 3 rings (SSSR count). The van der Waals surface area contributed by atoms with Crippen LogP contribution in [0.2, 0.25) is 0 Å². The molecule has 1 aromatic carbocycles. The number of fused-ring (bicyclic) bond motifs is 1. The van der Waals surface area contributed by atoms with E-state index < -0.39 is 10.0 Å². The van der Waals surface area contributed by atoms with Gasteiger partial charge in [-0.3, -0.25) is 0 Å². The van der Waals surface area contributed by atoms with Crippen LogP contribution in [0.25, 0.3) is 10.9 Å². The second kappa shape index (κ2) is 6.71. The van der Waals surface area contributed by atoms with Gasteiger partial charge >= 0.3 is 0 Å². The first-order valence-electron chi connectivity index (χ1n) is 7.81. The lowest BCUT2D eigenvalue weighted by Gasteiger charge is -2.34. The van der Waals surface area contributed by atoms with Crippen molar-refractivity contribution in [1.29, 1.82) is 5.26 Å². The van der Waals surface area contributed by atoms with Gasteiger partial charge < -0.3 is 4.90 Å². The van der Waals surface area contributed by atoms with Gasteiger partial charge in [-0.05, 0) is 37.0 Å². The topological polar surface area (TPSA) is 99.0 Å². The zero-order valence-electron chi connectivity index (χ0n) is 13.4. The number of hydrogen-bond acceptors (Lipinski definition) is 6. The number of sulfonamides is 1. The summed E-state index contributed by atoms with van der Waals surface area (Å²) in [4.78, 5) is 10.8. The molecule has 1 unspecified atom stereocenters. The van der Waals surface area contributed by atoms with Gasteiger partial charge in [-0.2, -0.15) is 5.26 Å². The van der Waals surface area contributed by atoms with Crippen molar-refractivity contribution in [2.75, 3.05) is 30.8 Å². The maximum Gasteiger partial charge on any atom is 0.208 e. The number of nitrogens with one attached hydrogen (secondary N) is 1. The van der Waals surface area contributed by atoms with Crippen LogP contribution in [0.1, 0.15) is 18.4 Å². The summed E-state index contributed by atoms with van der Waals surface area (Å²) in [6, 6.07) is 7.52. The number of rotatable bonds is 4. The van der Waals surface area contributed by atoms with Crippen LogP contribution in [0.4, 0.5) is 5.82 Å². The summed E-state index contributed by atoms with van der Waals surface area (Å²) in [5.41, 5.74) is 1.32. The highest BCUT2D eigenvalue weighted by atomic mass is 32.2. The molecule has 1 aromatic heterocycles. The van der Waals surface area contributed by atoms with Crippen molar-refractivity contribution in [3.8, 4) is 6.07 Å². The number of aromatic nitrogens is 2. The van der Waals surface area contributed by atoms with E-state index in [0.29, 0.717) is 12.1 Å². The predicted octanol–water partition coefficient (Wildman–Crippen LogP) is 1.27. The Morgan fingerprint density at radius 1 is 1.42 bits per heavy atom. The lowest BCUT2D eigenvalue weighted by molar-refractivity contribution is 0.410. The molecule has 0 saturated carbocycles. The Kier molecular flexibility index (Phi) is 4.64. The van der Waals surface area contributed by atoms with Crippen LogP contribution < -0.4 is 9.62 Å². The van der Waals surface area contributed by atoms with Gasteiger partial charge in [0.2, 0.25) is 10.0 Å². The van der Waals surface area contributed by atoms with Gasteiger partial charge in [-0.25, -0.2) is 23.1 Å². The van der Waals surface area contributed by atoms with E-state index in [0.717, 1.165) is 42.7 Å². The van der Waals surface area contributed by atoms with Crippen LogP contribution in [0, 0.1) is 17.2 Å². The van der Waals surface area contributed by atoms with Crippen molar-refractivity contribution in [3.63, 3.8) is 0 Å². The van der Waals surface area contributed by atoms with Gasteiger partial charge in [-0.1, -0.05) is 0 Å². The minimum Gasteiger partial charge on any atom is -0.356 e. The highest BCUT2D eigenvalue weighted by Crippen LogP contribution is 2.27. The minimum absolute atomic E-state index is 0.247. The smallest absolute Gasteiger partial charge is 0.208 e. The number of piperidine rings is 1. The molecule has 0 spiro atoms. The van der Waals surface area contributed by atoms with Crippen molar-refractivity contribution in [2.45, 2.75) is 12.8 Å². The van der Waals surface area contributed by atoms with Crippen molar-refractivity contribution < 1.29 is 8.42 Å². The first-order valence-corrected chi connectivity index (χ1v) is 9.70. The third-order valence-electron chi connectivity index (χ3n) is 4.20. The van der Waals surface area contributed by atoms with Gasteiger partial charge in [0, 0.05) is 25.0 Å². The Morgan fingerprint density at radius 3 is 3.00 bits per heavy atom. The van der Waals surface area contributed by atoms with Gasteiger partial charge in [0.25, 0.3) is 0 Å². The minimum atomic E-state index is -3.17. The number of nitriles is 1. The number of anilines is 1. The van der Waals surface area contributed by atoms with E-state index >= 15 is 0 Å². The average Bonchev–Trinajstić information content (AvgIpc) is 2.58. The second-order valence-electron chi connectivity index (χ2n) is 6.12. The van der Waals surface area contributed by atoms with E-state index in [1.807, 2.05) is 6.07 Å². The van der Waals surface area contributed by atoms with E-state index in [-0.39, 0.29) is 5.92 Å². The monoisotopic (exact) mass is 345 g/mol. The fourth-order valence-electron chi connectivity index (χ4n) is 3.06. The molecule has 1 aliphatic rings. The van der Waals surface area contributed by atoms with Crippen LogP contribution in [-0.4, -0.2) is 44.3 Å².